The Hall–Kier alpha value is 1.89. The van der Waals surface area contributed by atoms with Gasteiger partial charge in [0.25, 0.3) is 0 Å². The molecule has 0 saturated carbocycles. The summed E-state index contributed by atoms with van der Waals surface area (Å²) in [5, 5.41) is 0. The second-order valence-electron chi connectivity index (χ2n) is 0. The van der Waals surface area contributed by atoms with Crippen LogP contribution in [0.5, 0.6) is 0 Å². The summed E-state index contributed by atoms with van der Waals surface area (Å²) in [6, 6.07) is 0. The van der Waals surface area contributed by atoms with E-state index in [0.717, 1.165) is 0 Å². The van der Waals surface area contributed by atoms with Crippen molar-refractivity contribution in [2.24, 2.45) is 0 Å². The molecule has 0 nitrogen and oxygen atoms in total. The summed E-state index contributed by atoms with van der Waals surface area (Å²) >= 11 is 0. The minimum Gasteiger partial charge on any atom is -1.00 e. The molecule has 4 heavy (non-hydrogen) atoms. The third-order valence-electron chi connectivity index (χ3n) is 0. The topological polar surface area (TPSA) is 0 Å². The predicted molar refractivity (Wildman–Crippen MR) is 11.3 cm³/mol. The van der Waals surface area contributed by atoms with Crippen molar-refractivity contribution in [3.05, 3.63) is 0 Å². The molecule has 0 bridgehead atoms. The second kappa shape index (κ2) is 20.7. The largest absolute Gasteiger partial charge is 2.00 e. The molecule has 0 fully saturated rings. The molecule has 0 rings (SSSR count). The van der Waals surface area contributed by atoms with E-state index in [0.29, 0.717) is 0 Å². The monoisotopic (exact) mass is 238 g/mol. The van der Waals surface area contributed by atoms with E-state index in [1.807, 2.05) is 0 Å². The zero-order chi connectivity index (χ0) is 0. The molecule has 0 aliphatic carbocycles. The summed E-state index contributed by atoms with van der Waals surface area (Å²) in [5.41, 5.74) is 0. The van der Waals surface area contributed by atoms with Crippen LogP contribution in [0, 0.1) is 0 Å². The number of halogens is 2. The Morgan fingerprint density at radius 3 is 0.750 bits per heavy atom. The van der Waals surface area contributed by atoms with Crippen molar-refractivity contribution in [3.8, 4) is 0 Å². The van der Waals surface area contributed by atoms with Gasteiger partial charge in [0.2, 0.25) is 0 Å². The van der Waals surface area contributed by atoms with Crippen molar-refractivity contribution in [3.63, 3.8) is 0 Å². The first-order valence-corrected chi connectivity index (χ1v) is 0. The van der Waals surface area contributed by atoms with Gasteiger partial charge in [-0.15, -0.1) is 0 Å². The van der Waals surface area contributed by atoms with Crippen molar-refractivity contribution >= 4 is 11.0 Å². The minimum absolute atomic E-state index is 0. The summed E-state index contributed by atoms with van der Waals surface area (Å²) in [4.78, 5) is 0. The van der Waals surface area contributed by atoms with E-state index in [2.05, 4.69) is 0 Å². The molecule has 0 radical (unpaired) electrons. The summed E-state index contributed by atoms with van der Waals surface area (Å²) < 4.78 is 0. The van der Waals surface area contributed by atoms with Crippen molar-refractivity contribution < 1.29 is 55.7 Å². The number of rotatable bonds is 0. The van der Waals surface area contributed by atoms with Crippen molar-refractivity contribution in [2.75, 3.05) is 0 Å². The van der Waals surface area contributed by atoms with Crippen LogP contribution >= 0.6 is 0 Å². The number of hydrogen-bond acceptors (Lipinski definition) is 0. The van der Waals surface area contributed by atoms with E-state index >= 15 is 0 Å². The van der Waals surface area contributed by atoms with Crippen LogP contribution < -0.4 is 34.0 Å². The third-order valence-corrected chi connectivity index (χ3v) is 0. The SMILES string of the molecule is [Br-].[Br-].[SiH4].[Ti+2]. The average Bonchev–Trinajstić information content (AvgIpc) is 0. The quantitative estimate of drug-likeness (QED) is 0.369. The second-order valence-corrected chi connectivity index (χ2v) is 0. The average molecular weight is 240 g/mol. The van der Waals surface area contributed by atoms with E-state index in [1.54, 1.807) is 0 Å². The molecule has 0 atom stereocenters. The van der Waals surface area contributed by atoms with Crippen LogP contribution in [0.25, 0.3) is 0 Å². The van der Waals surface area contributed by atoms with Gasteiger partial charge in [0.05, 0.1) is 0 Å². The van der Waals surface area contributed by atoms with Gasteiger partial charge in [0.1, 0.15) is 0 Å². The summed E-state index contributed by atoms with van der Waals surface area (Å²) in [7, 11) is 0. The van der Waals surface area contributed by atoms with Gasteiger partial charge in [-0.25, -0.2) is 0 Å². The van der Waals surface area contributed by atoms with Gasteiger partial charge < -0.3 is 34.0 Å². The van der Waals surface area contributed by atoms with Gasteiger partial charge in [-0.05, 0) is 11.0 Å². The molecule has 0 aromatic rings. The standard InChI is InChI=1S/2BrH.H4Si.Ti/h2*1H;1H4;/q;;;+2/p-2. The number of hydrogen-bond donors (Lipinski definition) is 0. The van der Waals surface area contributed by atoms with E-state index in [1.165, 1.54) is 0 Å². The predicted octanol–water partition coefficient (Wildman–Crippen LogP) is -7.45. The molecule has 0 saturated heterocycles. The zero-order valence-corrected chi connectivity index (χ0v) is 5.99. The first kappa shape index (κ1) is 39.4. The Labute approximate surface area is 66.2 Å². The molecule has 0 aromatic heterocycles. The zero-order valence-electron chi connectivity index (χ0n) is 1.26. The molecule has 0 aliphatic heterocycles. The molecule has 0 aromatic carbocycles. The maximum Gasteiger partial charge on any atom is 2.00 e. The van der Waals surface area contributed by atoms with Crippen LogP contribution in [-0.4, -0.2) is 11.0 Å². The molecule has 0 unspecified atom stereocenters. The molecule has 0 N–H and O–H groups in total. The van der Waals surface area contributed by atoms with E-state index in [-0.39, 0.29) is 66.6 Å². The van der Waals surface area contributed by atoms with E-state index < -0.39 is 0 Å². The first-order chi connectivity index (χ1) is 0. The minimum atomic E-state index is 0. The molecule has 0 spiro atoms. The molecule has 0 amide bonds. The Morgan fingerprint density at radius 1 is 0.750 bits per heavy atom. The molecular weight excluding hydrogens is 236 g/mol. The van der Waals surface area contributed by atoms with Gasteiger partial charge in [0.15, 0.2) is 0 Å². The third kappa shape index (κ3) is 9.09. The maximum atomic E-state index is 0. The Bertz CT molecular complexity index is 6.00. The van der Waals surface area contributed by atoms with Crippen LogP contribution in [0.4, 0.5) is 0 Å². The fourth-order valence-corrected chi connectivity index (χ4v) is 0. The fourth-order valence-electron chi connectivity index (χ4n) is 0. The van der Waals surface area contributed by atoms with Gasteiger partial charge in [-0.3, -0.25) is 0 Å². The normalized spacial score (nSPS) is 0. The summed E-state index contributed by atoms with van der Waals surface area (Å²) in [5.74, 6) is 0. The molecule has 0 heterocycles. The Balaban J connectivity index is 0. The van der Waals surface area contributed by atoms with Gasteiger partial charge in [-0.2, -0.15) is 0 Å². The van der Waals surface area contributed by atoms with Crippen molar-refractivity contribution in [2.45, 2.75) is 0 Å². The van der Waals surface area contributed by atoms with Crippen LogP contribution in [0.3, 0.4) is 0 Å². The maximum absolute atomic E-state index is 0. The van der Waals surface area contributed by atoms with Crippen molar-refractivity contribution in [1.82, 2.24) is 0 Å². The molecule has 0 aliphatic rings. The summed E-state index contributed by atoms with van der Waals surface area (Å²) in [6.07, 6.45) is 0. The van der Waals surface area contributed by atoms with Gasteiger partial charge in [-0.1, -0.05) is 0 Å². The molecule has 26 valence electrons. The van der Waals surface area contributed by atoms with Gasteiger partial charge >= 0.3 is 21.7 Å². The van der Waals surface area contributed by atoms with Crippen LogP contribution in [-0.2, 0) is 21.7 Å². The van der Waals surface area contributed by atoms with Crippen LogP contribution in [0.1, 0.15) is 0 Å². The van der Waals surface area contributed by atoms with Crippen molar-refractivity contribution in [1.29, 1.82) is 0 Å². The summed E-state index contributed by atoms with van der Waals surface area (Å²) in [6.45, 7) is 0. The first-order valence-electron chi connectivity index (χ1n) is 0. The van der Waals surface area contributed by atoms with Crippen LogP contribution in [0.2, 0.25) is 0 Å². The molecular formula is H4Br2SiTi. The smallest absolute Gasteiger partial charge is 1.00 e. The molecule has 4 heteroatoms. The van der Waals surface area contributed by atoms with E-state index in [4.69, 9.17) is 0 Å². The van der Waals surface area contributed by atoms with Gasteiger partial charge in [0, 0.05) is 0 Å². The fraction of sp³-hybridized carbons (Fsp3) is 0. The van der Waals surface area contributed by atoms with E-state index in [9.17, 15) is 0 Å². The Morgan fingerprint density at radius 2 is 0.750 bits per heavy atom. The Kier molecular flexibility index (Phi) is 204. The van der Waals surface area contributed by atoms with Crippen LogP contribution in [0.15, 0.2) is 0 Å².